The summed E-state index contributed by atoms with van der Waals surface area (Å²) in [6, 6.07) is 8.31. The smallest absolute Gasteiger partial charge is 0.319 e. The van der Waals surface area contributed by atoms with E-state index in [9.17, 15) is 9.59 Å². The van der Waals surface area contributed by atoms with Crippen molar-refractivity contribution in [1.82, 2.24) is 10.6 Å². The average molecular weight is 305 g/mol. The van der Waals surface area contributed by atoms with Gasteiger partial charge in [0, 0.05) is 12.2 Å². The van der Waals surface area contributed by atoms with Gasteiger partial charge in [-0.3, -0.25) is 4.79 Å². The Labute approximate surface area is 132 Å². The SMILES string of the molecule is CCCCNC(=O)C(CC(C)C)NC(=O)Nc1ccccc1. The highest BCUT2D eigenvalue weighted by Crippen LogP contribution is 2.07. The molecule has 122 valence electrons. The molecule has 0 aliphatic carbocycles. The van der Waals surface area contributed by atoms with Crippen molar-refractivity contribution < 1.29 is 9.59 Å². The lowest BCUT2D eigenvalue weighted by Gasteiger charge is -2.20. The van der Waals surface area contributed by atoms with Crippen molar-refractivity contribution in [2.45, 2.75) is 46.1 Å². The normalized spacial score (nSPS) is 11.8. The largest absolute Gasteiger partial charge is 0.354 e. The molecule has 22 heavy (non-hydrogen) atoms. The summed E-state index contributed by atoms with van der Waals surface area (Å²) in [5.74, 6) is 0.198. The molecule has 0 saturated carbocycles. The zero-order valence-electron chi connectivity index (χ0n) is 13.7. The fourth-order valence-electron chi connectivity index (χ4n) is 2.06. The monoisotopic (exact) mass is 305 g/mol. The van der Waals surface area contributed by atoms with Crippen LogP contribution in [0.3, 0.4) is 0 Å². The molecule has 0 aliphatic heterocycles. The lowest BCUT2D eigenvalue weighted by molar-refractivity contribution is -0.123. The van der Waals surface area contributed by atoms with Gasteiger partial charge in [-0.05, 0) is 30.9 Å². The maximum Gasteiger partial charge on any atom is 0.319 e. The number of carbonyl (C=O) groups excluding carboxylic acids is 2. The van der Waals surface area contributed by atoms with E-state index in [1.165, 1.54) is 0 Å². The third-order valence-electron chi connectivity index (χ3n) is 3.19. The first-order valence-electron chi connectivity index (χ1n) is 7.93. The molecule has 1 aromatic carbocycles. The molecule has 1 aromatic rings. The molecule has 0 aromatic heterocycles. The van der Waals surface area contributed by atoms with Crippen LogP contribution in [0.2, 0.25) is 0 Å². The van der Waals surface area contributed by atoms with E-state index in [1.54, 1.807) is 12.1 Å². The highest BCUT2D eigenvalue weighted by Gasteiger charge is 2.21. The van der Waals surface area contributed by atoms with Crippen LogP contribution in [0.1, 0.15) is 40.0 Å². The number of carbonyl (C=O) groups is 2. The molecule has 1 unspecified atom stereocenters. The summed E-state index contributed by atoms with van der Waals surface area (Å²) in [6.45, 7) is 6.78. The van der Waals surface area contributed by atoms with Crippen LogP contribution in [0.5, 0.6) is 0 Å². The number of urea groups is 1. The van der Waals surface area contributed by atoms with Gasteiger partial charge in [-0.25, -0.2) is 4.79 Å². The number of hydrogen-bond donors (Lipinski definition) is 3. The Morgan fingerprint density at radius 2 is 1.82 bits per heavy atom. The minimum Gasteiger partial charge on any atom is -0.354 e. The van der Waals surface area contributed by atoms with Crippen LogP contribution in [-0.2, 0) is 4.79 Å². The van der Waals surface area contributed by atoms with E-state index in [0.717, 1.165) is 12.8 Å². The first kappa shape index (κ1) is 18.0. The van der Waals surface area contributed by atoms with Crippen molar-refractivity contribution in [1.29, 1.82) is 0 Å². The zero-order chi connectivity index (χ0) is 16.4. The third-order valence-corrected chi connectivity index (χ3v) is 3.19. The van der Waals surface area contributed by atoms with Crippen molar-refractivity contribution in [3.63, 3.8) is 0 Å². The molecule has 0 radical (unpaired) electrons. The van der Waals surface area contributed by atoms with Crippen molar-refractivity contribution >= 4 is 17.6 Å². The first-order chi connectivity index (χ1) is 10.5. The van der Waals surface area contributed by atoms with Crippen molar-refractivity contribution in [3.8, 4) is 0 Å². The molecular weight excluding hydrogens is 278 g/mol. The molecule has 0 saturated heterocycles. The highest BCUT2D eigenvalue weighted by atomic mass is 16.2. The molecule has 5 nitrogen and oxygen atoms in total. The van der Waals surface area contributed by atoms with Crippen molar-refractivity contribution in [2.75, 3.05) is 11.9 Å². The summed E-state index contributed by atoms with van der Waals surface area (Å²) in [7, 11) is 0. The van der Waals surface area contributed by atoms with Crippen molar-refractivity contribution in [3.05, 3.63) is 30.3 Å². The molecule has 0 aliphatic rings. The minimum atomic E-state index is -0.513. The quantitative estimate of drug-likeness (QED) is 0.646. The predicted molar refractivity (Wildman–Crippen MR) is 89.8 cm³/mol. The predicted octanol–water partition coefficient (Wildman–Crippen LogP) is 3.14. The van der Waals surface area contributed by atoms with Crippen LogP contribution < -0.4 is 16.0 Å². The Balaban J connectivity index is 2.56. The van der Waals surface area contributed by atoms with Crippen LogP contribution in [0.4, 0.5) is 10.5 Å². The summed E-state index contributed by atoms with van der Waals surface area (Å²) < 4.78 is 0. The Morgan fingerprint density at radius 3 is 2.41 bits per heavy atom. The van der Waals surface area contributed by atoms with Gasteiger partial charge in [0.25, 0.3) is 0 Å². The van der Waals surface area contributed by atoms with E-state index < -0.39 is 6.04 Å². The summed E-state index contributed by atoms with van der Waals surface area (Å²) in [6.07, 6.45) is 2.58. The van der Waals surface area contributed by atoms with E-state index >= 15 is 0 Å². The van der Waals surface area contributed by atoms with Gasteiger partial charge < -0.3 is 16.0 Å². The topological polar surface area (TPSA) is 70.2 Å². The van der Waals surface area contributed by atoms with Crippen LogP contribution in [-0.4, -0.2) is 24.5 Å². The van der Waals surface area contributed by atoms with Gasteiger partial charge in [0.05, 0.1) is 0 Å². The molecule has 3 amide bonds. The van der Waals surface area contributed by atoms with Gasteiger partial charge in [-0.15, -0.1) is 0 Å². The van der Waals surface area contributed by atoms with Crippen molar-refractivity contribution in [2.24, 2.45) is 5.92 Å². The van der Waals surface area contributed by atoms with Gasteiger partial charge in [-0.1, -0.05) is 45.4 Å². The Bertz CT molecular complexity index is 460. The summed E-state index contributed by atoms with van der Waals surface area (Å²) >= 11 is 0. The molecule has 3 N–H and O–H groups in total. The van der Waals surface area contributed by atoms with E-state index in [2.05, 4.69) is 22.9 Å². The fourth-order valence-corrected chi connectivity index (χ4v) is 2.06. The summed E-state index contributed by atoms with van der Waals surface area (Å²) in [4.78, 5) is 24.2. The van der Waals surface area contributed by atoms with Gasteiger partial charge in [-0.2, -0.15) is 0 Å². The van der Waals surface area contributed by atoms with Crippen LogP contribution in [0, 0.1) is 5.92 Å². The number of hydrogen-bond acceptors (Lipinski definition) is 2. The number of rotatable bonds is 8. The number of benzene rings is 1. The number of unbranched alkanes of at least 4 members (excludes halogenated alkanes) is 1. The Hall–Kier alpha value is -2.04. The second-order valence-electron chi connectivity index (χ2n) is 5.79. The lowest BCUT2D eigenvalue weighted by Crippen LogP contribution is -2.48. The molecule has 1 atom stereocenters. The molecule has 1 rings (SSSR count). The van der Waals surface area contributed by atoms with Crippen LogP contribution in [0.25, 0.3) is 0 Å². The molecule has 0 spiro atoms. The maximum absolute atomic E-state index is 12.2. The fraction of sp³-hybridized carbons (Fsp3) is 0.529. The number of para-hydroxylation sites is 1. The summed E-state index contributed by atoms with van der Waals surface area (Å²) in [5, 5.41) is 8.38. The van der Waals surface area contributed by atoms with Gasteiger partial charge in [0.1, 0.15) is 6.04 Å². The zero-order valence-corrected chi connectivity index (χ0v) is 13.7. The Morgan fingerprint density at radius 1 is 1.14 bits per heavy atom. The Kier molecular flexibility index (Phi) is 8.04. The van der Waals surface area contributed by atoms with Gasteiger partial charge in [0.2, 0.25) is 5.91 Å². The maximum atomic E-state index is 12.2. The minimum absolute atomic E-state index is 0.120. The molecule has 0 heterocycles. The van der Waals surface area contributed by atoms with Crippen LogP contribution >= 0.6 is 0 Å². The second-order valence-corrected chi connectivity index (χ2v) is 5.79. The standard InChI is InChI=1S/C17H27N3O2/c1-4-5-11-18-16(21)15(12-13(2)3)20-17(22)19-14-9-7-6-8-10-14/h6-10,13,15H,4-5,11-12H2,1-3H3,(H,18,21)(H2,19,20,22). The molecule has 0 fully saturated rings. The number of nitrogens with one attached hydrogen (secondary N) is 3. The molecule has 5 heteroatoms. The van der Waals surface area contributed by atoms with Gasteiger partial charge in [0.15, 0.2) is 0 Å². The summed E-state index contributed by atoms with van der Waals surface area (Å²) in [5.41, 5.74) is 0.703. The first-order valence-corrected chi connectivity index (χ1v) is 7.93. The lowest BCUT2D eigenvalue weighted by atomic mass is 10.0. The van der Waals surface area contributed by atoms with E-state index in [1.807, 2.05) is 32.0 Å². The molecular formula is C17H27N3O2. The third kappa shape index (κ3) is 7.11. The van der Waals surface area contributed by atoms with E-state index in [-0.39, 0.29) is 11.9 Å². The second kappa shape index (κ2) is 9.82. The van der Waals surface area contributed by atoms with E-state index in [4.69, 9.17) is 0 Å². The highest BCUT2D eigenvalue weighted by molar-refractivity contribution is 5.93. The van der Waals surface area contributed by atoms with Gasteiger partial charge >= 0.3 is 6.03 Å². The van der Waals surface area contributed by atoms with Crippen LogP contribution in [0.15, 0.2) is 30.3 Å². The average Bonchev–Trinajstić information content (AvgIpc) is 2.47. The van der Waals surface area contributed by atoms with E-state index in [0.29, 0.717) is 24.6 Å². The molecule has 0 bridgehead atoms. The number of amides is 3. The number of anilines is 1.